The number of nitrogens with zero attached hydrogens (tertiary/aromatic N) is 2. The van der Waals surface area contributed by atoms with Crippen LogP contribution in [0.1, 0.15) is 13.8 Å². The lowest BCUT2D eigenvalue weighted by molar-refractivity contribution is 1.23. The van der Waals surface area contributed by atoms with Crippen molar-refractivity contribution in [2.24, 2.45) is 0 Å². The molecule has 0 radical (unpaired) electrons. The molecule has 0 aliphatic heterocycles. The highest BCUT2D eigenvalue weighted by molar-refractivity contribution is 6.33. The van der Waals surface area contributed by atoms with E-state index in [1.807, 2.05) is 13.8 Å². The van der Waals surface area contributed by atoms with Gasteiger partial charge in [-0.2, -0.15) is 4.98 Å². The van der Waals surface area contributed by atoms with Crippen molar-refractivity contribution in [2.45, 2.75) is 13.8 Å². The van der Waals surface area contributed by atoms with Crippen molar-refractivity contribution in [1.29, 1.82) is 0 Å². The van der Waals surface area contributed by atoms with E-state index in [9.17, 15) is 0 Å². The van der Waals surface area contributed by atoms with Gasteiger partial charge >= 0.3 is 0 Å². The summed E-state index contributed by atoms with van der Waals surface area (Å²) < 4.78 is 0. The molecule has 0 aromatic carbocycles. The molecular weight excluding hydrogens is 188 g/mol. The van der Waals surface area contributed by atoms with Crippen LogP contribution in [0.2, 0.25) is 5.15 Å². The monoisotopic (exact) mass is 198 g/mol. The molecule has 0 bridgehead atoms. The first kappa shape index (κ1) is 9.80. The number of nitrogens with one attached hydrogen (secondary N) is 1. The van der Waals surface area contributed by atoms with E-state index in [0.717, 1.165) is 11.0 Å². The third-order valence-corrected chi connectivity index (χ3v) is 1.65. The van der Waals surface area contributed by atoms with Crippen molar-refractivity contribution in [3.8, 4) is 0 Å². The molecule has 0 spiro atoms. The Hall–Kier alpha value is -1.29. The molecule has 0 aliphatic rings. The fraction of sp³-hybridized carbons (Fsp3) is 0.250. The second-order valence-corrected chi connectivity index (χ2v) is 2.47. The standard InChI is InChI=1S/C6H5ClN4.C2H6/c7-5-4-3(1-2-9-4)10-6(8)11-5;1-2/h1-2,9H,(H2,8,10,11);1-2H3. The van der Waals surface area contributed by atoms with Gasteiger partial charge in [-0.25, -0.2) is 4.98 Å². The molecule has 0 atom stereocenters. The fourth-order valence-corrected chi connectivity index (χ4v) is 1.16. The number of aromatic amines is 1. The smallest absolute Gasteiger partial charge is 0.222 e. The Balaban J connectivity index is 0.000000396. The average molecular weight is 199 g/mol. The average Bonchev–Trinajstić information content (AvgIpc) is 2.55. The van der Waals surface area contributed by atoms with Crippen LogP contribution >= 0.6 is 11.6 Å². The number of fused-ring (bicyclic) bond motifs is 1. The molecule has 70 valence electrons. The summed E-state index contributed by atoms with van der Waals surface area (Å²) in [4.78, 5) is 10.6. The van der Waals surface area contributed by atoms with Gasteiger partial charge in [0.25, 0.3) is 0 Å². The van der Waals surface area contributed by atoms with Gasteiger partial charge in [-0.1, -0.05) is 25.4 Å². The molecule has 2 heterocycles. The Labute approximate surface area is 81.1 Å². The third kappa shape index (κ3) is 1.89. The summed E-state index contributed by atoms with van der Waals surface area (Å²) >= 11 is 5.74. The van der Waals surface area contributed by atoms with Crippen LogP contribution in [0, 0.1) is 0 Å². The minimum Gasteiger partial charge on any atom is -0.368 e. The van der Waals surface area contributed by atoms with Gasteiger partial charge in [0.05, 0.1) is 5.52 Å². The van der Waals surface area contributed by atoms with Gasteiger partial charge in [0.1, 0.15) is 5.52 Å². The van der Waals surface area contributed by atoms with Gasteiger partial charge in [0, 0.05) is 6.20 Å². The third-order valence-electron chi connectivity index (χ3n) is 1.38. The Morgan fingerprint density at radius 2 is 2.08 bits per heavy atom. The maximum absolute atomic E-state index is 5.74. The first-order chi connectivity index (χ1) is 6.27. The summed E-state index contributed by atoms with van der Waals surface area (Å²) in [7, 11) is 0. The second-order valence-electron chi connectivity index (χ2n) is 2.11. The first-order valence-corrected chi connectivity index (χ1v) is 4.41. The fourth-order valence-electron chi connectivity index (χ4n) is 0.924. The summed E-state index contributed by atoms with van der Waals surface area (Å²) in [6, 6.07) is 1.79. The van der Waals surface area contributed by atoms with Crippen LogP contribution < -0.4 is 5.73 Å². The summed E-state index contributed by atoms with van der Waals surface area (Å²) in [6.07, 6.45) is 1.74. The minimum atomic E-state index is 0.196. The lowest BCUT2D eigenvalue weighted by Crippen LogP contribution is -1.94. The Morgan fingerprint density at radius 3 is 2.77 bits per heavy atom. The maximum Gasteiger partial charge on any atom is 0.222 e. The molecule has 0 aliphatic carbocycles. The van der Waals surface area contributed by atoms with Crippen LogP contribution in [0.4, 0.5) is 5.95 Å². The molecule has 2 aromatic rings. The highest BCUT2D eigenvalue weighted by Crippen LogP contribution is 2.18. The number of anilines is 1. The zero-order chi connectivity index (χ0) is 9.84. The second kappa shape index (κ2) is 4.09. The number of H-pyrrole nitrogens is 1. The molecule has 0 saturated carbocycles. The lowest BCUT2D eigenvalue weighted by atomic mass is 10.5. The molecule has 0 amide bonds. The van der Waals surface area contributed by atoms with Gasteiger partial charge in [-0.05, 0) is 6.07 Å². The number of nitrogens with two attached hydrogens (primary N) is 1. The van der Waals surface area contributed by atoms with Gasteiger partial charge < -0.3 is 10.7 Å². The van der Waals surface area contributed by atoms with E-state index < -0.39 is 0 Å². The van der Waals surface area contributed by atoms with Crippen molar-refractivity contribution >= 4 is 28.6 Å². The first-order valence-electron chi connectivity index (χ1n) is 4.03. The molecule has 4 nitrogen and oxygen atoms in total. The number of nitrogen functional groups attached to an aromatic ring is 1. The van der Waals surface area contributed by atoms with E-state index in [-0.39, 0.29) is 5.95 Å². The van der Waals surface area contributed by atoms with Crippen molar-refractivity contribution < 1.29 is 0 Å². The van der Waals surface area contributed by atoms with E-state index in [4.69, 9.17) is 17.3 Å². The molecular formula is C8H11ClN4. The Morgan fingerprint density at radius 1 is 1.38 bits per heavy atom. The van der Waals surface area contributed by atoms with Crippen LogP contribution in [0.5, 0.6) is 0 Å². The molecule has 2 aromatic heterocycles. The Bertz CT molecular complexity index is 396. The largest absolute Gasteiger partial charge is 0.368 e. The van der Waals surface area contributed by atoms with Crippen LogP contribution in [-0.2, 0) is 0 Å². The molecule has 0 unspecified atom stereocenters. The van der Waals surface area contributed by atoms with Gasteiger partial charge in [0.2, 0.25) is 5.95 Å². The van der Waals surface area contributed by atoms with E-state index in [1.54, 1.807) is 12.3 Å². The molecule has 3 N–H and O–H groups in total. The predicted octanol–water partition coefficient (Wildman–Crippen LogP) is 2.22. The van der Waals surface area contributed by atoms with Crippen LogP contribution in [0.25, 0.3) is 11.0 Å². The van der Waals surface area contributed by atoms with Crippen LogP contribution in [0.3, 0.4) is 0 Å². The van der Waals surface area contributed by atoms with Gasteiger partial charge in [-0.15, -0.1) is 0 Å². The zero-order valence-electron chi connectivity index (χ0n) is 7.50. The molecule has 5 heteroatoms. The summed E-state index contributed by atoms with van der Waals surface area (Å²) in [5, 5.41) is 0.359. The van der Waals surface area contributed by atoms with Crippen LogP contribution in [0.15, 0.2) is 12.3 Å². The van der Waals surface area contributed by atoms with Crippen LogP contribution in [-0.4, -0.2) is 15.0 Å². The van der Waals surface area contributed by atoms with Crippen molar-refractivity contribution in [3.05, 3.63) is 17.4 Å². The predicted molar refractivity (Wildman–Crippen MR) is 54.7 cm³/mol. The summed E-state index contributed by atoms with van der Waals surface area (Å²) in [5.74, 6) is 0.196. The normalized spacial score (nSPS) is 9.46. The van der Waals surface area contributed by atoms with Gasteiger partial charge in [-0.3, -0.25) is 0 Å². The summed E-state index contributed by atoms with van der Waals surface area (Å²) in [5.41, 5.74) is 6.82. The molecule has 2 rings (SSSR count). The van der Waals surface area contributed by atoms with Crippen molar-refractivity contribution in [1.82, 2.24) is 15.0 Å². The Kier molecular flexibility index (Phi) is 3.08. The topological polar surface area (TPSA) is 67.6 Å². The number of aromatic nitrogens is 3. The lowest BCUT2D eigenvalue weighted by Gasteiger charge is -1.93. The maximum atomic E-state index is 5.74. The highest BCUT2D eigenvalue weighted by atomic mass is 35.5. The highest BCUT2D eigenvalue weighted by Gasteiger charge is 2.02. The van der Waals surface area contributed by atoms with E-state index in [1.165, 1.54) is 0 Å². The number of hydrogen-bond donors (Lipinski definition) is 2. The van der Waals surface area contributed by atoms with Crippen molar-refractivity contribution in [2.75, 3.05) is 5.73 Å². The summed E-state index contributed by atoms with van der Waals surface area (Å²) in [6.45, 7) is 4.00. The zero-order valence-corrected chi connectivity index (χ0v) is 8.26. The van der Waals surface area contributed by atoms with Crippen molar-refractivity contribution in [3.63, 3.8) is 0 Å². The number of rotatable bonds is 0. The SMILES string of the molecule is CC.Nc1nc(Cl)c2[nH]ccc2n1. The molecule has 0 saturated heterocycles. The van der Waals surface area contributed by atoms with E-state index >= 15 is 0 Å². The van der Waals surface area contributed by atoms with E-state index in [2.05, 4.69) is 15.0 Å². The molecule has 13 heavy (non-hydrogen) atoms. The number of halogens is 1. The quantitative estimate of drug-likeness (QED) is 0.638. The minimum absolute atomic E-state index is 0.196. The number of hydrogen-bond acceptors (Lipinski definition) is 3. The van der Waals surface area contributed by atoms with Gasteiger partial charge in [0.15, 0.2) is 5.15 Å². The van der Waals surface area contributed by atoms with E-state index in [0.29, 0.717) is 5.15 Å². The molecule has 0 fully saturated rings.